The maximum absolute atomic E-state index is 6.03. The Bertz CT molecular complexity index is 505. The van der Waals surface area contributed by atoms with Gasteiger partial charge in [-0.2, -0.15) is 5.10 Å². The summed E-state index contributed by atoms with van der Waals surface area (Å²) in [6.45, 7) is 1.80. The van der Waals surface area contributed by atoms with E-state index >= 15 is 0 Å². The predicted octanol–water partition coefficient (Wildman–Crippen LogP) is 3.07. The zero-order valence-electron chi connectivity index (χ0n) is 8.04. The van der Waals surface area contributed by atoms with Crippen molar-refractivity contribution in [3.63, 3.8) is 0 Å². The molecule has 0 atom stereocenters. The highest BCUT2D eigenvalue weighted by Gasteiger charge is 2.12. The summed E-state index contributed by atoms with van der Waals surface area (Å²) in [6.07, 6.45) is 0. The lowest BCUT2D eigenvalue weighted by molar-refractivity contribution is 0.872. The van der Waals surface area contributed by atoms with Gasteiger partial charge in [0.1, 0.15) is 10.8 Å². The van der Waals surface area contributed by atoms with Crippen molar-refractivity contribution in [2.75, 3.05) is 5.73 Å². The van der Waals surface area contributed by atoms with E-state index in [2.05, 4.69) is 5.10 Å². The number of para-hydroxylation sites is 1. The summed E-state index contributed by atoms with van der Waals surface area (Å²) in [5.74, 6) is 0.405. The molecule has 3 nitrogen and oxygen atoms in total. The fourth-order valence-corrected chi connectivity index (χ4v) is 1.67. The van der Waals surface area contributed by atoms with E-state index in [4.69, 9.17) is 28.9 Å². The second kappa shape index (κ2) is 3.76. The Balaban J connectivity index is 2.65. The number of hydrogen-bond acceptors (Lipinski definition) is 2. The molecule has 78 valence electrons. The third kappa shape index (κ3) is 1.68. The van der Waals surface area contributed by atoms with E-state index in [9.17, 15) is 0 Å². The van der Waals surface area contributed by atoms with Gasteiger partial charge >= 0.3 is 0 Å². The lowest BCUT2D eigenvalue weighted by Crippen LogP contribution is -2.02. The molecule has 0 spiro atoms. The van der Waals surface area contributed by atoms with Gasteiger partial charge in [-0.25, -0.2) is 4.68 Å². The number of aromatic nitrogens is 2. The first-order valence-corrected chi connectivity index (χ1v) is 5.12. The fourth-order valence-electron chi connectivity index (χ4n) is 1.33. The van der Waals surface area contributed by atoms with Gasteiger partial charge in [-0.1, -0.05) is 35.3 Å². The molecule has 0 unspecified atom stereocenters. The standard InChI is InChI=1S/C10H9Cl2N3/c1-6-9(12)10(13)15(14-6)8-5-3-2-4-7(8)11/h2-5H,13H2,1H3. The molecule has 1 heterocycles. The Morgan fingerprint density at radius 1 is 1.27 bits per heavy atom. The van der Waals surface area contributed by atoms with Crippen LogP contribution in [0.25, 0.3) is 5.69 Å². The Hall–Kier alpha value is -1.19. The van der Waals surface area contributed by atoms with Gasteiger partial charge in [0.15, 0.2) is 0 Å². The third-order valence-electron chi connectivity index (χ3n) is 2.10. The summed E-state index contributed by atoms with van der Waals surface area (Å²) in [4.78, 5) is 0. The minimum Gasteiger partial charge on any atom is -0.382 e. The van der Waals surface area contributed by atoms with E-state index in [0.717, 1.165) is 5.69 Å². The molecule has 0 bridgehead atoms. The first kappa shape index (κ1) is 10.3. The Labute approximate surface area is 97.4 Å². The number of aryl methyl sites for hydroxylation is 1. The molecular formula is C10H9Cl2N3. The minimum atomic E-state index is 0.405. The molecule has 0 amide bonds. The van der Waals surface area contributed by atoms with Crippen molar-refractivity contribution in [3.8, 4) is 5.69 Å². The fraction of sp³-hybridized carbons (Fsp3) is 0.100. The molecule has 5 heteroatoms. The molecule has 2 aromatic rings. The third-order valence-corrected chi connectivity index (χ3v) is 2.89. The number of anilines is 1. The molecule has 0 aliphatic rings. The zero-order chi connectivity index (χ0) is 11.0. The number of nitrogens with zero attached hydrogens (tertiary/aromatic N) is 2. The van der Waals surface area contributed by atoms with E-state index < -0.39 is 0 Å². The van der Waals surface area contributed by atoms with Crippen molar-refractivity contribution >= 4 is 29.0 Å². The van der Waals surface area contributed by atoms with Gasteiger partial charge in [-0.15, -0.1) is 0 Å². The lowest BCUT2D eigenvalue weighted by Gasteiger charge is -2.05. The monoisotopic (exact) mass is 241 g/mol. The van der Waals surface area contributed by atoms with Crippen LogP contribution in [0.5, 0.6) is 0 Å². The molecule has 0 aliphatic carbocycles. The van der Waals surface area contributed by atoms with Gasteiger partial charge in [-0.05, 0) is 19.1 Å². The first-order chi connectivity index (χ1) is 7.11. The van der Waals surface area contributed by atoms with Gasteiger partial charge in [-0.3, -0.25) is 0 Å². The van der Waals surface area contributed by atoms with Crippen LogP contribution < -0.4 is 5.73 Å². The SMILES string of the molecule is Cc1nn(-c2ccccc2Cl)c(N)c1Cl. The van der Waals surface area contributed by atoms with Gasteiger partial charge in [0.25, 0.3) is 0 Å². The van der Waals surface area contributed by atoms with Crippen molar-refractivity contribution in [2.24, 2.45) is 0 Å². The highest BCUT2D eigenvalue weighted by Crippen LogP contribution is 2.28. The van der Waals surface area contributed by atoms with Crippen molar-refractivity contribution in [2.45, 2.75) is 6.92 Å². The van der Waals surface area contributed by atoms with Gasteiger partial charge in [0.05, 0.1) is 16.4 Å². The van der Waals surface area contributed by atoms with Crippen LogP contribution in [0.2, 0.25) is 10.0 Å². The van der Waals surface area contributed by atoms with Crippen molar-refractivity contribution in [1.82, 2.24) is 9.78 Å². The van der Waals surface area contributed by atoms with Gasteiger partial charge in [0, 0.05) is 0 Å². The second-order valence-electron chi connectivity index (χ2n) is 3.15. The second-order valence-corrected chi connectivity index (χ2v) is 3.93. The van der Waals surface area contributed by atoms with E-state index in [0.29, 0.717) is 21.6 Å². The maximum atomic E-state index is 6.03. The van der Waals surface area contributed by atoms with Crippen LogP contribution >= 0.6 is 23.2 Å². The van der Waals surface area contributed by atoms with Crippen LogP contribution in [0.1, 0.15) is 5.69 Å². The molecule has 1 aromatic heterocycles. The van der Waals surface area contributed by atoms with Crippen molar-refractivity contribution in [1.29, 1.82) is 0 Å². The Morgan fingerprint density at radius 3 is 2.47 bits per heavy atom. The molecule has 2 rings (SSSR count). The highest BCUT2D eigenvalue weighted by molar-refractivity contribution is 6.34. The Morgan fingerprint density at radius 2 is 1.93 bits per heavy atom. The van der Waals surface area contributed by atoms with Crippen LogP contribution in [-0.4, -0.2) is 9.78 Å². The number of hydrogen-bond donors (Lipinski definition) is 1. The van der Waals surface area contributed by atoms with Crippen LogP contribution in [0.15, 0.2) is 24.3 Å². The maximum Gasteiger partial charge on any atom is 0.146 e. The van der Waals surface area contributed by atoms with Gasteiger partial charge in [0.2, 0.25) is 0 Å². The molecule has 0 saturated carbocycles. The summed E-state index contributed by atoms with van der Waals surface area (Å²) >= 11 is 12.0. The molecular weight excluding hydrogens is 233 g/mol. The number of nitrogen functional groups attached to an aromatic ring is 1. The minimum absolute atomic E-state index is 0.405. The summed E-state index contributed by atoms with van der Waals surface area (Å²) in [6, 6.07) is 7.33. The summed E-state index contributed by atoms with van der Waals surface area (Å²) in [5, 5.41) is 5.27. The molecule has 1 aromatic carbocycles. The molecule has 15 heavy (non-hydrogen) atoms. The largest absolute Gasteiger partial charge is 0.382 e. The summed E-state index contributed by atoms with van der Waals surface area (Å²) in [5.41, 5.74) is 7.23. The smallest absolute Gasteiger partial charge is 0.146 e. The van der Waals surface area contributed by atoms with Crippen LogP contribution in [0.4, 0.5) is 5.82 Å². The van der Waals surface area contributed by atoms with Crippen molar-refractivity contribution in [3.05, 3.63) is 40.0 Å². The first-order valence-electron chi connectivity index (χ1n) is 4.36. The molecule has 2 N–H and O–H groups in total. The molecule has 0 radical (unpaired) electrons. The molecule has 0 saturated heterocycles. The number of halogens is 2. The zero-order valence-corrected chi connectivity index (χ0v) is 9.55. The summed E-state index contributed by atoms with van der Waals surface area (Å²) < 4.78 is 1.54. The average molecular weight is 242 g/mol. The summed E-state index contributed by atoms with van der Waals surface area (Å²) in [7, 11) is 0. The topological polar surface area (TPSA) is 43.8 Å². The van der Waals surface area contributed by atoms with E-state index in [-0.39, 0.29) is 0 Å². The molecule has 0 fully saturated rings. The van der Waals surface area contributed by atoms with Crippen LogP contribution in [-0.2, 0) is 0 Å². The average Bonchev–Trinajstić information content (AvgIpc) is 2.47. The normalized spacial score (nSPS) is 10.6. The highest BCUT2D eigenvalue weighted by atomic mass is 35.5. The van der Waals surface area contributed by atoms with E-state index in [1.54, 1.807) is 17.7 Å². The Kier molecular flexibility index (Phi) is 2.59. The molecule has 0 aliphatic heterocycles. The number of benzene rings is 1. The number of nitrogens with two attached hydrogens (primary N) is 1. The predicted molar refractivity (Wildman–Crippen MR) is 62.7 cm³/mol. The quantitative estimate of drug-likeness (QED) is 0.835. The van der Waals surface area contributed by atoms with Crippen LogP contribution in [0, 0.1) is 6.92 Å². The van der Waals surface area contributed by atoms with E-state index in [1.807, 2.05) is 18.2 Å². The van der Waals surface area contributed by atoms with Crippen LogP contribution in [0.3, 0.4) is 0 Å². The number of rotatable bonds is 1. The van der Waals surface area contributed by atoms with E-state index in [1.165, 1.54) is 0 Å². The van der Waals surface area contributed by atoms with Gasteiger partial charge < -0.3 is 5.73 Å². The van der Waals surface area contributed by atoms with Crippen molar-refractivity contribution < 1.29 is 0 Å². The lowest BCUT2D eigenvalue weighted by atomic mass is 10.3.